The van der Waals surface area contributed by atoms with Crippen molar-refractivity contribution < 1.29 is 31.4 Å². The maximum atomic E-state index is 12.9. The molecule has 1 unspecified atom stereocenters. The summed E-state index contributed by atoms with van der Waals surface area (Å²) in [4.78, 5) is 24.2. The molecule has 0 amide bonds. The number of ketones is 1. The van der Waals surface area contributed by atoms with Crippen molar-refractivity contribution in [3.8, 4) is 0 Å². The summed E-state index contributed by atoms with van der Waals surface area (Å²) in [5, 5.41) is 0.0812. The van der Waals surface area contributed by atoms with Gasteiger partial charge in [0.15, 0.2) is 14.1 Å². The van der Waals surface area contributed by atoms with Crippen molar-refractivity contribution >= 4 is 30.2 Å². The lowest BCUT2D eigenvalue weighted by atomic mass is 9.86. The van der Waals surface area contributed by atoms with Crippen LogP contribution in [-0.4, -0.2) is 54.1 Å². The molecule has 0 aliphatic heterocycles. The fraction of sp³-hybridized carbons (Fsp3) is 0.786. The van der Waals surface area contributed by atoms with Crippen LogP contribution in [0.25, 0.3) is 0 Å². The van der Waals surface area contributed by atoms with Gasteiger partial charge in [0, 0.05) is 12.3 Å². The molecule has 4 atom stereocenters. The Morgan fingerprint density at radius 2 is 1.76 bits per heavy atom. The van der Waals surface area contributed by atoms with Gasteiger partial charge in [-0.2, -0.15) is 8.42 Å². The van der Waals surface area contributed by atoms with Gasteiger partial charge in [0.05, 0.1) is 31.5 Å². The summed E-state index contributed by atoms with van der Waals surface area (Å²) < 4.78 is 40.9. The third kappa shape index (κ3) is 12.4. The van der Waals surface area contributed by atoms with E-state index in [1.165, 1.54) is 13.2 Å². The fourth-order valence-corrected chi connectivity index (χ4v) is 6.22. The van der Waals surface area contributed by atoms with Crippen molar-refractivity contribution in [2.24, 2.45) is 11.8 Å². The molecule has 7 nitrogen and oxygen atoms in total. The number of unbranched alkanes of at least 4 members (excludes halogenated alkanes) is 4. The summed E-state index contributed by atoms with van der Waals surface area (Å²) in [6.07, 6.45) is 14.6. The fourth-order valence-electron chi connectivity index (χ4n) is 4.24. The quantitative estimate of drug-likeness (QED) is 0.0674. The van der Waals surface area contributed by atoms with Crippen molar-refractivity contribution in [2.75, 3.05) is 13.4 Å². The number of allylic oxidation sites excluding steroid dienone is 3. The number of hydrogen-bond acceptors (Lipinski definition) is 7. The normalized spacial score (nSPS) is 20.5. The molecule has 0 heterocycles. The zero-order valence-electron chi connectivity index (χ0n) is 24.2. The Kier molecular flexibility index (Phi) is 14.0. The number of ether oxygens (including phenoxy) is 1. The predicted molar refractivity (Wildman–Crippen MR) is 151 cm³/mol. The largest absolute Gasteiger partial charge is 0.469 e. The van der Waals surface area contributed by atoms with Crippen molar-refractivity contribution in [1.82, 2.24) is 0 Å². The van der Waals surface area contributed by atoms with E-state index in [1.807, 2.05) is 12.2 Å². The summed E-state index contributed by atoms with van der Waals surface area (Å²) in [6.45, 7) is 13.3. The van der Waals surface area contributed by atoms with Gasteiger partial charge >= 0.3 is 5.97 Å². The molecule has 0 fully saturated rings. The lowest BCUT2D eigenvalue weighted by Gasteiger charge is -2.39. The van der Waals surface area contributed by atoms with Crippen LogP contribution in [0.3, 0.4) is 0 Å². The molecule has 1 aliphatic carbocycles. The average Bonchev–Trinajstić information content (AvgIpc) is 3.14. The van der Waals surface area contributed by atoms with E-state index in [0.29, 0.717) is 32.1 Å². The van der Waals surface area contributed by atoms with Gasteiger partial charge in [-0.25, -0.2) is 0 Å². The number of methoxy groups -OCH3 is 1. The molecule has 0 spiro atoms. The van der Waals surface area contributed by atoms with Gasteiger partial charge in [-0.05, 0) is 43.5 Å². The molecule has 1 rings (SSSR count). The first-order valence-corrected chi connectivity index (χ1v) is 18.4. The van der Waals surface area contributed by atoms with E-state index >= 15 is 0 Å². The topological polar surface area (TPSA) is 96.0 Å². The molecule has 0 bridgehead atoms. The molecule has 0 aromatic heterocycles. The maximum Gasteiger partial charge on any atom is 0.305 e. The second-order valence-corrected chi connectivity index (χ2v) is 18.0. The first kappa shape index (κ1) is 33.7. The average molecular weight is 559 g/mol. The molecular weight excluding hydrogens is 508 g/mol. The van der Waals surface area contributed by atoms with E-state index in [0.717, 1.165) is 31.9 Å². The van der Waals surface area contributed by atoms with Crippen LogP contribution in [0.1, 0.15) is 85.5 Å². The lowest BCUT2D eigenvalue weighted by Crippen LogP contribution is -2.43. The van der Waals surface area contributed by atoms with E-state index in [2.05, 4.69) is 51.6 Å². The number of hydrogen-bond donors (Lipinski definition) is 0. The summed E-state index contributed by atoms with van der Waals surface area (Å²) in [5.74, 6) is -1.25. The highest BCUT2D eigenvalue weighted by Gasteiger charge is 2.40. The van der Waals surface area contributed by atoms with E-state index < -0.39 is 30.5 Å². The van der Waals surface area contributed by atoms with Crippen LogP contribution in [0.5, 0.6) is 0 Å². The maximum absolute atomic E-state index is 12.9. The van der Waals surface area contributed by atoms with Gasteiger partial charge in [0.25, 0.3) is 10.1 Å². The smallest absolute Gasteiger partial charge is 0.305 e. The second-order valence-electron chi connectivity index (χ2n) is 11.7. The molecule has 0 aromatic rings. The highest BCUT2D eigenvalue weighted by molar-refractivity contribution is 7.86. The molecule has 0 N–H and O–H groups in total. The van der Waals surface area contributed by atoms with Gasteiger partial charge in [-0.1, -0.05) is 78.0 Å². The van der Waals surface area contributed by atoms with Gasteiger partial charge in [-0.3, -0.25) is 13.8 Å². The highest BCUT2D eigenvalue weighted by atomic mass is 32.2. The highest BCUT2D eigenvalue weighted by Crippen LogP contribution is 2.38. The van der Waals surface area contributed by atoms with Crippen molar-refractivity contribution in [3.05, 3.63) is 24.3 Å². The van der Waals surface area contributed by atoms with Gasteiger partial charge in [0.2, 0.25) is 0 Å². The summed E-state index contributed by atoms with van der Waals surface area (Å²) in [7, 11) is -4.39. The molecule has 214 valence electrons. The van der Waals surface area contributed by atoms with Crippen molar-refractivity contribution in [1.29, 1.82) is 0 Å². The Labute approximate surface area is 226 Å². The molecule has 9 heteroatoms. The van der Waals surface area contributed by atoms with Crippen LogP contribution >= 0.6 is 0 Å². The molecule has 0 saturated heterocycles. The number of esters is 1. The van der Waals surface area contributed by atoms with E-state index in [9.17, 15) is 18.0 Å². The molecule has 0 radical (unpaired) electrons. The van der Waals surface area contributed by atoms with Crippen LogP contribution < -0.4 is 0 Å². The zero-order valence-corrected chi connectivity index (χ0v) is 26.1. The van der Waals surface area contributed by atoms with E-state index in [-0.39, 0.29) is 28.8 Å². The first-order chi connectivity index (χ1) is 17.1. The van der Waals surface area contributed by atoms with Crippen LogP contribution in [0, 0.1) is 11.8 Å². The minimum absolute atomic E-state index is 0.0511. The van der Waals surface area contributed by atoms with Crippen LogP contribution in [0.4, 0.5) is 0 Å². The van der Waals surface area contributed by atoms with Gasteiger partial charge < -0.3 is 9.16 Å². The Bertz CT molecular complexity index is 887. The Balaban J connectivity index is 3.03. The Morgan fingerprint density at radius 1 is 1.11 bits per heavy atom. The SMILES string of the molecule is CCCCC[C@@H](C=C[C@H]1C=CC(=O)[C@@H]1C(CCCCCC(=O)OC)OS(C)(=O)=O)O[Si](C)(C)C(C)(C)C. The summed E-state index contributed by atoms with van der Waals surface area (Å²) in [6, 6.07) is 0. The molecule has 0 saturated carbocycles. The minimum atomic E-state index is -3.75. The third-order valence-corrected chi connectivity index (χ3v) is 12.5. The second kappa shape index (κ2) is 15.3. The van der Waals surface area contributed by atoms with Gasteiger partial charge in [-0.15, -0.1) is 0 Å². The van der Waals surface area contributed by atoms with Crippen molar-refractivity contribution in [3.63, 3.8) is 0 Å². The Hall–Kier alpha value is -1.29. The van der Waals surface area contributed by atoms with Crippen LogP contribution in [0.15, 0.2) is 24.3 Å². The molecular formula is C28H50O7SSi. The zero-order chi connectivity index (χ0) is 28.3. The standard InChI is InChI=1S/C28H50O7SSi/c1-9-10-12-15-23(35-37(7,8)28(2,3)4)20-18-22-19-21-24(29)27(22)25(34-36(6,31)32)16-13-11-14-17-26(30)33-5/h18-23,25,27H,9-17H2,1-8H3/t22-,23-,25?,27+/m0/s1. The number of carbonyl (C=O) groups excluding carboxylic acids is 2. The predicted octanol–water partition coefficient (Wildman–Crippen LogP) is 6.35. The van der Waals surface area contributed by atoms with Crippen molar-refractivity contribution in [2.45, 2.75) is 116 Å². The number of carbonyl (C=O) groups is 2. The van der Waals surface area contributed by atoms with E-state index in [1.54, 1.807) is 0 Å². The Morgan fingerprint density at radius 3 is 2.32 bits per heavy atom. The number of rotatable bonds is 17. The van der Waals surface area contributed by atoms with Gasteiger partial charge in [0.1, 0.15) is 0 Å². The van der Waals surface area contributed by atoms with Crippen LogP contribution in [-0.2, 0) is 33.1 Å². The summed E-state index contributed by atoms with van der Waals surface area (Å²) in [5.41, 5.74) is 0. The monoisotopic (exact) mass is 558 g/mol. The summed E-state index contributed by atoms with van der Waals surface area (Å²) >= 11 is 0. The lowest BCUT2D eigenvalue weighted by molar-refractivity contribution is -0.140. The molecule has 37 heavy (non-hydrogen) atoms. The van der Waals surface area contributed by atoms with E-state index in [4.69, 9.17) is 8.61 Å². The van der Waals surface area contributed by atoms with Crippen LogP contribution in [0.2, 0.25) is 18.1 Å². The third-order valence-electron chi connectivity index (χ3n) is 7.41. The minimum Gasteiger partial charge on any atom is -0.469 e. The molecule has 0 aromatic carbocycles. The first-order valence-electron chi connectivity index (χ1n) is 13.6. The molecule has 1 aliphatic rings.